The number of alkyl halides is 3. The molecule has 2 heterocycles. The molecule has 3 rings (SSSR count). The predicted octanol–water partition coefficient (Wildman–Crippen LogP) is 3.57. The third kappa shape index (κ3) is 6.48. The minimum atomic E-state index is -4.29. The van der Waals surface area contributed by atoms with E-state index >= 15 is 0 Å². The lowest BCUT2D eigenvalue weighted by Gasteiger charge is -2.25. The van der Waals surface area contributed by atoms with E-state index in [1.54, 1.807) is 19.2 Å². The van der Waals surface area contributed by atoms with Crippen molar-refractivity contribution in [1.29, 1.82) is 0 Å². The summed E-state index contributed by atoms with van der Waals surface area (Å²) in [6.07, 6.45) is -2.06. The first-order valence-electron chi connectivity index (χ1n) is 9.15. The molecule has 2 aliphatic heterocycles. The summed E-state index contributed by atoms with van der Waals surface area (Å²) in [5.41, 5.74) is 2.03. The van der Waals surface area contributed by atoms with Crippen molar-refractivity contribution in [3.63, 3.8) is 0 Å². The molecule has 2 fully saturated rings. The topological polar surface area (TPSA) is 46.1 Å². The van der Waals surface area contributed by atoms with Crippen molar-refractivity contribution >= 4 is 29.9 Å². The molecule has 0 bridgehead atoms. The zero-order valence-electron chi connectivity index (χ0n) is 15.9. The van der Waals surface area contributed by atoms with Crippen LogP contribution in [0.25, 0.3) is 0 Å². The Labute approximate surface area is 180 Å². The van der Waals surface area contributed by atoms with Crippen LogP contribution in [0.3, 0.4) is 0 Å². The molecule has 28 heavy (non-hydrogen) atoms. The molecular weight excluding hydrogens is 486 g/mol. The molecule has 2 aliphatic rings. The molecule has 0 aliphatic carbocycles. The summed E-state index contributed by atoms with van der Waals surface area (Å²) in [5.74, 6) is 0.872. The van der Waals surface area contributed by atoms with Crippen molar-refractivity contribution in [2.75, 3.05) is 40.0 Å². The van der Waals surface area contributed by atoms with Crippen LogP contribution in [0.4, 0.5) is 13.2 Å². The maximum atomic E-state index is 12.1. The van der Waals surface area contributed by atoms with Crippen LogP contribution in [-0.4, -0.2) is 57.0 Å². The average Bonchev–Trinajstić information content (AvgIpc) is 3.26. The smallest absolute Gasteiger partial charge is 0.381 e. The highest BCUT2D eigenvalue weighted by Crippen LogP contribution is 2.38. The van der Waals surface area contributed by atoms with Gasteiger partial charge in [0.1, 0.15) is 6.61 Å². The second-order valence-corrected chi connectivity index (χ2v) is 7.30. The Bertz CT molecular complexity index is 647. The van der Waals surface area contributed by atoms with Crippen LogP contribution in [0, 0.1) is 5.41 Å². The number of rotatable bonds is 5. The minimum Gasteiger partial charge on any atom is -0.381 e. The van der Waals surface area contributed by atoms with E-state index in [1.165, 1.54) is 0 Å². The van der Waals surface area contributed by atoms with Gasteiger partial charge in [0.05, 0.1) is 13.2 Å². The van der Waals surface area contributed by atoms with Crippen molar-refractivity contribution < 1.29 is 22.6 Å². The first-order chi connectivity index (χ1) is 12.9. The molecule has 9 heteroatoms. The number of nitrogens with zero attached hydrogens (tertiary/aromatic N) is 2. The maximum absolute atomic E-state index is 12.1. The summed E-state index contributed by atoms with van der Waals surface area (Å²) in [6.45, 7) is 2.94. The third-order valence-corrected chi connectivity index (χ3v) is 5.14. The number of hydrogen-bond acceptors (Lipinski definition) is 3. The molecule has 1 unspecified atom stereocenters. The van der Waals surface area contributed by atoms with Gasteiger partial charge >= 0.3 is 6.18 Å². The molecule has 0 amide bonds. The van der Waals surface area contributed by atoms with Gasteiger partial charge in [0.25, 0.3) is 0 Å². The zero-order valence-corrected chi connectivity index (χ0v) is 18.3. The van der Waals surface area contributed by atoms with E-state index in [4.69, 9.17) is 4.74 Å². The lowest BCUT2D eigenvalue weighted by atomic mass is 9.87. The summed E-state index contributed by atoms with van der Waals surface area (Å²) in [5, 5.41) is 3.37. The molecule has 1 aromatic carbocycles. The molecule has 1 aromatic rings. The van der Waals surface area contributed by atoms with Crippen molar-refractivity contribution in [2.45, 2.75) is 32.2 Å². The van der Waals surface area contributed by atoms with Crippen molar-refractivity contribution in [3.05, 3.63) is 35.4 Å². The van der Waals surface area contributed by atoms with Gasteiger partial charge in [0.2, 0.25) is 0 Å². The van der Waals surface area contributed by atoms with E-state index in [0.29, 0.717) is 6.54 Å². The lowest BCUT2D eigenvalue weighted by Crippen LogP contribution is -2.41. The van der Waals surface area contributed by atoms with Gasteiger partial charge in [-0.05, 0) is 24.0 Å². The molecule has 0 radical (unpaired) electrons. The number of ether oxygens (including phenoxy) is 2. The maximum Gasteiger partial charge on any atom is 0.411 e. The number of aliphatic imine (C=N–C) groups is 1. The number of nitrogens with one attached hydrogen (secondary N) is 1. The lowest BCUT2D eigenvalue weighted by molar-refractivity contribution is -0.176. The van der Waals surface area contributed by atoms with Crippen molar-refractivity contribution in [2.24, 2.45) is 10.4 Å². The van der Waals surface area contributed by atoms with Crippen molar-refractivity contribution in [1.82, 2.24) is 10.2 Å². The van der Waals surface area contributed by atoms with E-state index in [2.05, 4.69) is 19.9 Å². The molecule has 5 nitrogen and oxygen atoms in total. The van der Waals surface area contributed by atoms with Gasteiger partial charge in [-0.1, -0.05) is 24.3 Å². The van der Waals surface area contributed by atoms with Crippen LogP contribution in [0.5, 0.6) is 0 Å². The molecule has 1 N–H and O–H groups in total. The van der Waals surface area contributed by atoms with E-state index in [1.807, 2.05) is 12.1 Å². The van der Waals surface area contributed by atoms with Gasteiger partial charge in [0, 0.05) is 38.7 Å². The fourth-order valence-electron chi connectivity index (χ4n) is 3.64. The van der Waals surface area contributed by atoms with Crippen LogP contribution in [-0.2, 0) is 22.6 Å². The third-order valence-electron chi connectivity index (χ3n) is 5.14. The Kier molecular flexibility index (Phi) is 8.38. The monoisotopic (exact) mass is 513 g/mol. The summed E-state index contributed by atoms with van der Waals surface area (Å²) >= 11 is 0. The molecule has 0 saturated carbocycles. The second-order valence-electron chi connectivity index (χ2n) is 7.30. The second kappa shape index (κ2) is 10.1. The van der Waals surface area contributed by atoms with Gasteiger partial charge in [-0.3, -0.25) is 4.99 Å². The Morgan fingerprint density at radius 3 is 2.57 bits per heavy atom. The molecule has 158 valence electrons. The van der Waals surface area contributed by atoms with Crippen LogP contribution >= 0.6 is 24.0 Å². The molecule has 0 aromatic heterocycles. The first-order valence-corrected chi connectivity index (χ1v) is 9.15. The standard InChI is InChI=1S/C19H26F3N3O2.HI/c1-23-17(25-8-6-18(12-25)7-9-26-13-18)24-10-15-2-4-16(5-3-15)11-27-14-19(20,21)22;/h2-5H,6-14H2,1H3,(H,23,24);1H. The molecule has 1 spiro atoms. The number of halogens is 4. The predicted molar refractivity (Wildman–Crippen MR) is 112 cm³/mol. The first kappa shape index (κ1) is 23.2. The number of hydrogen-bond donors (Lipinski definition) is 1. The number of benzene rings is 1. The Hall–Kier alpha value is -1.07. The highest BCUT2D eigenvalue weighted by molar-refractivity contribution is 14.0. The highest BCUT2D eigenvalue weighted by atomic mass is 127. The van der Waals surface area contributed by atoms with E-state index in [9.17, 15) is 13.2 Å². The Balaban J connectivity index is 0.00000280. The fraction of sp³-hybridized carbons (Fsp3) is 0.632. The zero-order chi connectivity index (χ0) is 19.3. The van der Waals surface area contributed by atoms with Gasteiger partial charge < -0.3 is 19.7 Å². The van der Waals surface area contributed by atoms with Crippen LogP contribution in [0.2, 0.25) is 0 Å². The average molecular weight is 513 g/mol. The van der Waals surface area contributed by atoms with Gasteiger partial charge in [-0.2, -0.15) is 13.2 Å². The van der Waals surface area contributed by atoms with Gasteiger partial charge in [-0.25, -0.2) is 0 Å². The SMILES string of the molecule is CN=C(NCc1ccc(COCC(F)(F)F)cc1)N1CCC2(CCOC2)C1.I. The van der Waals surface area contributed by atoms with E-state index in [0.717, 1.165) is 56.2 Å². The normalized spacial score (nSPS) is 22.6. The summed E-state index contributed by atoms with van der Waals surface area (Å²) < 4.78 is 46.6. The Morgan fingerprint density at radius 1 is 1.25 bits per heavy atom. The minimum absolute atomic E-state index is 0. The molecule has 2 saturated heterocycles. The summed E-state index contributed by atoms with van der Waals surface area (Å²) in [7, 11) is 1.78. The Morgan fingerprint density at radius 2 is 1.96 bits per heavy atom. The quantitative estimate of drug-likeness (QED) is 0.372. The van der Waals surface area contributed by atoms with Crippen LogP contribution in [0.1, 0.15) is 24.0 Å². The van der Waals surface area contributed by atoms with Crippen LogP contribution in [0.15, 0.2) is 29.3 Å². The summed E-state index contributed by atoms with van der Waals surface area (Å²) in [6, 6.07) is 7.36. The molecular formula is C19H27F3IN3O2. The summed E-state index contributed by atoms with van der Waals surface area (Å²) in [4.78, 5) is 6.66. The number of guanidine groups is 1. The van der Waals surface area contributed by atoms with E-state index < -0.39 is 12.8 Å². The van der Waals surface area contributed by atoms with Gasteiger partial charge in [0.15, 0.2) is 5.96 Å². The highest BCUT2D eigenvalue weighted by Gasteiger charge is 2.42. The largest absolute Gasteiger partial charge is 0.411 e. The van der Waals surface area contributed by atoms with E-state index in [-0.39, 0.29) is 36.0 Å². The van der Waals surface area contributed by atoms with Gasteiger partial charge in [-0.15, -0.1) is 24.0 Å². The fourth-order valence-corrected chi connectivity index (χ4v) is 3.64. The number of likely N-dealkylation sites (tertiary alicyclic amines) is 1. The van der Waals surface area contributed by atoms with Crippen molar-refractivity contribution in [3.8, 4) is 0 Å². The van der Waals surface area contributed by atoms with Crippen LogP contribution < -0.4 is 5.32 Å². The molecule has 1 atom stereocenters.